The van der Waals surface area contributed by atoms with Gasteiger partial charge in [0, 0.05) is 58.9 Å². The third-order valence-electron chi connectivity index (χ3n) is 4.36. The highest BCUT2D eigenvalue weighted by molar-refractivity contribution is 7.07. The van der Waals surface area contributed by atoms with Crippen molar-refractivity contribution < 1.29 is 4.79 Å². The third-order valence-corrected chi connectivity index (χ3v) is 5.09. The van der Waals surface area contributed by atoms with Crippen molar-refractivity contribution in [3.8, 4) is 0 Å². The van der Waals surface area contributed by atoms with Gasteiger partial charge in [0.15, 0.2) is 0 Å². The van der Waals surface area contributed by atoms with Crippen LogP contribution in [0.1, 0.15) is 5.56 Å². The Morgan fingerprint density at radius 2 is 2.00 bits per heavy atom. The van der Waals surface area contributed by atoms with E-state index in [2.05, 4.69) is 43.9 Å². The molecular formula is C17H31N5OS. The Hall–Kier alpha value is -1.15. The number of hydrogen-bond donors (Lipinski definition) is 1. The van der Waals surface area contributed by atoms with Gasteiger partial charge in [0.2, 0.25) is 0 Å². The van der Waals surface area contributed by atoms with Gasteiger partial charge in [0.25, 0.3) is 0 Å². The minimum atomic E-state index is 0.0391. The molecule has 2 heterocycles. The van der Waals surface area contributed by atoms with E-state index in [0.29, 0.717) is 13.1 Å². The number of amides is 2. The van der Waals surface area contributed by atoms with Crippen molar-refractivity contribution in [3.05, 3.63) is 22.4 Å². The maximum Gasteiger partial charge on any atom is 0.317 e. The average molecular weight is 354 g/mol. The number of rotatable bonds is 8. The molecule has 6 nitrogen and oxygen atoms in total. The summed E-state index contributed by atoms with van der Waals surface area (Å²) in [5.41, 5.74) is 1.20. The summed E-state index contributed by atoms with van der Waals surface area (Å²) >= 11 is 1.68. The molecule has 136 valence electrons. The highest BCUT2D eigenvalue weighted by Gasteiger charge is 2.16. The summed E-state index contributed by atoms with van der Waals surface area (Å²) < 4.78 is 0. The van der Waals surface area contributed by atoms with E-state index in [1.165, 1.54) is 5.56 Å². The van der Waals surface area contributed by atoms with Crippen molar-refractivity contribution in [2.75, 3.05) is 73.5 Å². The molecule has 1 aromatic heterocycles. The number of urea groups is 1. The summed E-state index contributed by atoms with van der Waals surface area (Å²) in [6.07, 6.45) is 0. The summed E-state index contributed by atoms with van der Waals surface area (Å²) in [7, 11) is 6.23. The van der Waals surface area contributed by atoms with Crippen LogP contribution in [0.5, 0.6) is 0 Å². The number of likely N-dealkylation sites (N-methyl/N-ethyl adjacent to an activating group) is 2. The maximum absolute atomic E-state index is 12.5. The quantitative estimate of drug-likeness (QED) is 0.759. The van der Waals surface area contributed by atoms with Crippen molar-refractivity contribution in [2.45, 2.75) is 6.54 Å². The molecule has 0 saturated carbocycles. The lowest BCUT2D eigenvalue weighted by Crippen LogP contribution is -2.48. The van der Waals surface area contributed by atoms with E-state index in [-0.39, 0.29) is 6.03 Å². The molecule has 0 atom stereocenters. The fourth-order valence-electron chi connectivity index (χ4n) is 2.68. The van der Waals surface area contributed by atoms with E-state index < -0.39 is 0 Å². The van der Waals surface area contributed by atoms with Crippen LogP contribution >= 0.6 is 11.3 Å². The zero-order valence-electron chi connectivity index (χ0n) is 15.2. The SMILES string of the molecule is CN(C)CCN(Cc1ccsc1)C(=O)NCCN1CCN(C)CC1. The Balaban J connectivity index is 1.76. The molecule has 1 N–H and O–H groups in total. The summed E-state index contributed by atoms with van der Waals surface area (Å²) in [5.74, 6) is 0. The molecule has 2 amide bonds. The van der Waals surface area contributed by atoms with Gasteiger partial charge in [-0.15, -0.1) is 0 Å². The van der Waals surface area contributed by atoms with Crippen molar-refractivity contribution in [3.63, 3.8) is 0 Å². The predicted molar refractivity (Wildman–Crippen MR) is 101 cm³/mol. The second-order valence-corrected chi connectivity index (χ2v) is 7.51. The first kappa shape index (κ1) is 19.2. The van der Waals surface area contributed by atoms with E-state index in [0.717, 1.165) is 45.8 Å². The second-order valence-electron chi connectivity index (χ2n) is 6.73. The van der Waals surface area contributed by atoms with Gasteiger partial charge in [-0.3, -0.25) is 4.90 Å². The number of hydrogen-bond acceptors (Lipinski definition) is 5. The Kier molecular flexibility index (Phi) is 7.98. The Labute approximate surface area is 150 Å². The number of carbonyl (C=O) groups is 1. The smallest absolute Gasteiger partial charge is 0.317 e. The molecule has 1 aromatic rings. The summed E-state index contributed by atoms with van der Waals surface area (Å²) in [6.45, 7) is 8.33. The molecule has 1 fully saturated rings. The van der Waals surface area contributed by atoms with Gasteiger partial charge in [0.1, 0.15) is 0 Å². The molecule has 0 aliphatic carbocycles. The zero-order valence-corrected chi connectivity index (χ0v) is 16.0. The molecule has 24 heavy (non-hydrogen) atoms. The first-order valence-electron chi connectivity index (χ1n) is 8.64. The van der Waals surface area contributed by atoms with E-state index in [1.807, 2.05) is 19.0 Å². The lowest BCUT2D eigenvalue weighted by molar-refractivity contribution is 0.152. The van der Waals surface area contributed by atoms with E-state index in [1.54, 1.807) is 11.3 Å². The zero-order chi connectivity index (χ0) is 17.4. The lowest BCUT2D eigenvalue weighted by atomic mass is 10.3. The first-order chi connectivity index (χ1) is 11.5. The highest BCUT2D eigenvalue weighted by Crippen LogP contribution is 2.09. The van der Waals surface area contributed by atoms with Gasteiger partial charge in [0.05, 0.1) is 0 Å². The van der Waals surface area contributed by atoms with Crippen molar-refractivity contribution >= 4 is 17.4 Å². The van der Waals surface area contributed by atoms with Gasteiger partial charge in [-0.2, -0.15) is 11.3 Å². The van der Waals surface area contributed by atoms with E-state index in [9.17, 15) is 4.79 Å². The van der Waals surface area contributed by atoms with Crippen LogP contribution < -0.4 is 5.32 Å². The van der Waals surface area contributed by atoms with Crippen LogP contribution in [0, 0.1) is 0 Å². The molecule has 1 aliphatic heterocycles. The average Bonchev–Trinajstić information content (AvgIpc) is 3.06. The fourth-order valence-corrected chi connectivity index (χ4v) is 3.34. The van der Waals surface area contributed by atoms with E-state index in [4.69, 9.17) is 0 Å². The van der Waals surface area contributed by atoms with Crippen LogP contribution in [-0.4, -0.2) is 99.1 Å². The van der Waals surface area contributed by atoms with E-state index >= 15 is 0 Å². The van der Waals surface area contributed by atoms with Crippen molar-refractivity contribution in [1.29, 1.82) is 0 Å². The summed E-state index contributed by atoms with van der Waals surface area (Å²) in [6, 6.07) is 2.13. The van der Waals surface area contributed by atoms with Crippen LogP contribution in [0.25, 0.3) is 0 Å². The standard InChI is InChI=1S/C17H31N5OS/c1-19(2)7-12-22(14-16-4-13-24-15-16)17(23)18-5-6-21-10-8-20(3)9-11-21/h4,13,15H,5-12,14H2,1-3H3,(H,18,23). The van der Waals surface area contributed by atoms with Gasteiger partial charge in [-0.25, -0.2) is 4.79 Å². The maximum atomic E-state index is 12.5. The number of piperazine rings is 1. The molecule has 2 rings (SSSR count). The summed E-state index contributed by atoms with van der Waals surface area (Å²) in [5, 5.41) is 7.27. The molecule has 0 radical (unpaired) electrons. The van der Waals surface area contributed by atoms with Crippen molar-refractivity contribution in [2.24, 2.45) is 0 Å². The molecule has 7 heteroatoms. The van der Waals surface area contributed by atoms with Gasteiger partial charge >= 0.3 is 6.03 Å². The van der Waals surface area contributed by atoms with Gasteiger partial charge in [-0.1, -0.05) is 0 Å². The number of nitrogens with zero attached hydrogens (tertiary/aromatic N) is 4. The van der Waals surface area contributed by atoms with Crippen LogP contribution in [-0.2, 0) is 6.54 Å². The van der Waals surface area contributed by atoms with Crippen LogP contribution in [0.4, 0.5) is 4.79 Å². The second kappa shape index (κ2) is 9.98. The monoisotopic (exact) mass is 353 g/mol. The minimum absolute atomic E-state index is 0.0391. The highest BCUT2D eigenvalue weighted by atomic mass is 32.1. The molecule has 1 aliphatic rings. The predicted octanol–water partition coefficient (Wildman–Crippen LogP) is 1.07. The number of nitrogens with one attached hydrogen (secondary N) is 1. The largest absolute Gasteiger partial charge is 0.337 e. The Morgan fingerprint density at radius 1 is 1.25 bits per heavy atom. The first-order valence-corrected chi connectivity index (χ1v) is 9.58. The Bertz CT molecular complexity index is 471. The third kappa shape index (κ3) is 6.76. The van der Waals surface area contributed by atoms with Gasteiger partial charge in [-0.05, 0) is 43.5 Å². The fraction of sp³-hybridized carbons (Fsp3) is 0.706. The molecular weight excluding hydrogens is 322 g/mol. The normalized spacial score (nSPS) is 16.5. The Morgan fingerprint density at radius 3 is 2.62 bits per heavy atom. The molecule has 0 aromatic carbocycles. The molecule has 1 saturated heterocycles. The van der Waals surface area contributed by atoms with Crippen LogP contribution in [0.2, 0.25) is 0 Å². The van der Waals surface area contributed by atoms with Crippen molar-refractivity contribution in [1.82, 2.24) is 24.9 Å². The molecule has 0 spiro atoms. The van der Waals surface area contributed by atoms with Gasteiger partial charge < -0.3 is 20.0 Å². The summed E-state index contributed by atoms with van der Waals surface area (Å²) in [4.78, 5) is 21.3. The molecule has 0 bridgehead atoms. The minimum Gasteiger partial charge on any atom is -0.337 e. The van der Waals surface area contributed by atoms with Crippen LogP contribution in [0.3, 0.4) is 0 Å². The topological polar surface area (TPSA) is 42.1 Å². The van der Waals surface area contributed by atoms with Crippen LogP contribution in [0.15, 0.2) is 16.8 Å². The number of thiophene rings is 1. The lowest BCUT2D eigenvalue weighted by Gasteiger charge is -2.32. The molecule has 0 unspecified atom stereocenters. The number of carbonyl (C=O) groups excluding carboxylic acids is 1.